The third kappa shape index (κ3) is 5.04. The second kappa shape index (κ2) is 8.82. The summed E-state index contributed by atoms with van der Waals surface area (Å²) >= 11 is 0. The number of hydrogen-bond donors (Lipinski definition) is 0. The van der Waals surface area contributed by atoms with E-state index in [0.717, 1.165) is 43.8 Å². The van der Waals surface area contributed by atoms with Gasteiger partial charge >= 0.3 is 5.97 Å². The minimum Gasteiger partial charge on any atom is -0.494 e. The first-order valence-electron chi connectivity index (χ1n) is 8.67. The molecule has 2 rings (SSSR count). The molecule has 1 aromatic carbocycles. The van der Waals surface area contributed by atoms with Crippen molar-refractivity contribution in [2.75, 3.05) is 6.61 Å². The van der Waals surface area contributed by atoms with Crippen LogP contribution in [0.4, 0.5) is 0 Å². The molecule has 0 heterocycles. The average molecular weight is 304 g/mol. The van der Waals surface area contributed by atoms with Crippen LogP contribution in [0.2, 0.25) is 0 Å². The lowest BCUT2D eigenvalue weighted by Gasteiger charge is -2.26. The molecule has 0 spiro atoms. The lowest BCUT2D eigenvalue weighted by Crippen LogP contribution is -2.25. The molecule has 0 saturated heterocycles. The molecule has 122 valence electrons. The highest BCUT2D eigenvalue weighted by atomic mass is 16.5. The highest BCUT2D eigenvalue weighted by molar-refractivity contribution is 5.75. The largest absolute Gasteiger partial charge is 0.494 e. The topological polar surface area (TPSA) is 35.5 Å². The van der Waals surface area contributed by atoms with Crippen LogP contribution in [-0.4, -0.2) is 12.6 Å². The van der Waals surface area contributed by atoms with Crippen LogP contribution in [-0.2, 0) is 4.79 Å². The van der Waals surface area contributed by atoms with Crippen molar-refractivity contribution in [1.82, 2.24) is 0 Å². The Morgan fingerprint density at radius 1 is 1.00 bits per heavy atom. The lowest BCUT2D eigenvalue weighted by molar-refractivity contribution is -0.140. The monoisotopic (exact) mass is 304 g/mol. The van der Waals surface area contributed by atoms with Crippen LogP contribution in [0.3, 0.4) is 0 Å². The second-order valence-electron chi connectivity index (χ2n) is 6.25. The first-order chi connectivity index (χ1) is 10.7. The molecular weight excluding hydrogens is 276 g/mol. The van der Waals surface area contributed by atoms with Gasteiger partial charge in [0, 0.05) is 0 Å². The Kier molecular flexibility index (Phi) is 6.75. The molecule has 22 heavy (non-hydrogen) atoms. The number of carbonyl (C=O) groups is 1. The van der Waals surface area contributed by atoms with E-state index in [-0.39, 0.29) is 11.9 Å². The molecule has 0 aromatic heterocycles. The van der Waals surface area contributed by atoms with Gasteiger partial charge in [-0.05, 0) is 62.3 Å². The van der Waals surface area contributed by atoms with Crippen molar-refractivity contribution in [3.63, 3.8) is 0 Å². The van der Waals surface area contributed by atoms with E-state index < -0.39 is 0 Å². The smallest absolute Gasteiger partial charge is 0.314 e. The maximum absolute atomic E-state index is 12.2. The predicted molar refractivity (Wildman–Crippen MR) is 88.2 cm³/mol. The fraction of sp³-hybridized carbons (Fsp3) is 0.632. The Labute approximate surface area is 134 Å². The molecule has 0 bridgehead atoms. The third-order valence-corrected chi connectivity index (χ3v) is 4.39. The number of esters is 1. The van der Waals surface area contributed by atoms with Crippen LogP contribution in [0, 0.1) is 11.8 Å². The normalized spacial score (nSPS) is 21.4. The summed E-state index contributed by atoms with van der Waals surface area (Å²) in [7, 11) is 0. The zero-order valence-electron chi connectivity index (χ0n) is 13.8. The molecule has 3 heteroatoms. The number of carbonyl (C=O) groups excluding carboxylic acids is 1. The summed E-state index contributed by atoms with van der Waals surface area (Å²) in [5.41, 5.74) is 0. The Morgan fingerprint density at radius 3 is 2.23 bits per heavy atom. The minimum absolute atomic E-state index is 0.0721. The molecular formula is C19H28O3. The summed E-state index contributed by atoms with van der Waals surface area (Å²) in [4.78, 5) is 12.2. The number of benzene rings is 1. The Morgan fingerprint density at radius 2 is 1.64 bits per heavy atom. The second-order valence-corrected chi connectivity index (χ2v) is 6.25. The average Bonchev–Trinajstić information content (AvgIpc) is 2.55. The fourth-order valence-electron chi connectivity index (χ4n) is 3.12. The van der Waals surface area contributed by atoms with Crippen LogP contribution >= 0.6 is 0 Å². The van der Waals surface area contributed by atoms with Gasteiger partial charge in [0.25, 0.3) is 0 Å². The van der Waals surface area contributed by atoms with Crippen molar-refractivity contribution in [1.29, 1.82) is 0 Å². The molecule has 0 unspecified atom stereocenters. The van der Waals surface area contributed by atoms with E-state index >= 15 is 0 Å². The van der Waals surface area contributed by atoms with E-state index in [9.17, 15) is 4.79 Å². The maximum atomic E-state index is 12.2. The molecule has 1 saturated carbocycles. The third-order valence-electron chi connectivity index (χ3n) is 4.39. The van der Waals surface area contributed by atoms with Crippen molar-refractivity contribution >= 4 is 5.97 Å². The highest BCUT2D eigenvalue weighted by Crippen LogP contribution is 2.32. The van der Waals surface area contributed by atoms with Gasteiger partial charge in [0.1, 0.15) is 11.5 Å². The van der Waals surface area contributed by atoms with Crippen molar-refractivity contribution in [3.05, 3.63) is 24.3 Å². The molecule has 0 amide bonds. The van der Waals surface area contributed by atoms with Gasteiger partial charge in [0.2, 0.25) is 0 Å². The SMILES string of the molecule is CCCOc1ccc(OC(=O)[C@H]2CC[C@H](CCC)CC2)cc1. The number of hydrogen-bond acceptors (Lipinski definition) is 3. The van der Waals surface area contributed by atoms with E-state index in [1.165, 1.54) is 12.8 Å². The van der Waals surface area contributed by atoms with Crippen LogP contribution in [0.5, 0.6) is 11.5 Å². The number of rotatable bonds is 7. The molecule has 0 N–H and O–H groups in total. The van der Waals surface area contributed by atoms with Gasteiger partial charge in [-0.25, -0.2) is 0 Å². The summed E-state index contributed by atoms with van der Waals surface area (Å²) < 4.78 is 11.0. The zero-order valence-corrected chi connectivity index (χ0v) is 13.8. The quantitative estimate of drug-likeness (QED) is 0.526. The van der Waals surface area contributed by atoms with Gasteiger partial charge in [0.05, 0.1) is 12.5 Å². The van der Waals surface area contributed by atoms with Gasteiger partial charge in [-0.1, -0.05) is 26.7 Å². The van der Waals surface area contributed by atoms with Crippen LogP contribution < -0.4 is 9.47 Å². The zero-order chi connectivity index (χ0) is 15.8. The van der Waals surface area contributed by atoms with Crippen molar-refractivity contribution in [3.8, 4) is 11.5 Å². The Hall–Kier alpha value is -1.51. The molecule has 1 aliphatic rings. The number of ether oxygens (including phenoxy) is 2. The molecule has 1 aliphatic carbocycles. The molecule has 1 fully saturated rings. The Bertz CT molecular complexity index is 444. The van der Waals surface area contributed by atoms with E-state index in [1.807, 2.05) is 24.3 Å². The molecule has 0 atom stereocenters. The van der Waals surface area contributed by atoms with Gasteiger partial charge in [-0.2, -0.15) is 0 Å². The molecule has 0 radical (unpaired) electrons. The van der Waals surface area contributed by atoms with Crippen LogP contribution in [0.15, 0.2) is 24.3 Å². The standard InChI is InChI=1S/C19H28O3/c1-3-5-15-6-8-16(9-7-15)19(20)22-18-12-10-17(11-13-18)21-14-4-2/h10-13,15-16H,3-9,14H2,1-2H3/t15-,16-. The molecule has 1 aromatic rings. The van der Waals surface area contributed by atoms with E-state index in [0.29, 0.717) is 12.4 Å². The van der Waals surface area contributed by atoms with E-state index in [1.54, 1.807) is 0 Å². The highest BCUT2D eigenvalue weighted by Gasteiger charge is 2.27. The summed E-state index contributed by atoms with van der Waals surface area (Å²) in [5.74, 6) is 2.25. The maximum Gasteiger partial charge on any atom is 0.314 e. The summed E-state index contributed by atoms with van der Waals surface area (Å²) in [6.45, 7) is 5.01. The van der Waals surface area contributed by atoms with Gasteiger partial charge in [0.15, 0.2) is 0 Å². The predicted octanol–water partition coefficient (Wildman–Crippen LogP) is 4.99. The Balaban J connectivity index is 1.79. The van der Waals surface area contributed by atoms with Crippen molar-refractivity contribution < 1.29 is 14.3 Å². The molecule has 0 aliphatic heterocycles. The molecule has 3 nitrogen and oxygen atoms in total. The summed E-state index contributed by atoms with van der Waals surface area (Å²) in [6, 6.07) is 7.34. The van der Waals surface area contributed by atoms with Crippen molar-refractivity contribution in [2.45, 2.75) is 58.8 Å². The first-order valence-corrected chi connectivity index (χ1v) is 8.67. The van der Waals surface area contributed by atoms with E-state index in [2.05, 4.69) is 13.8 Å². The van der Waals surface area contributed by atoms with Crippen LogP contribution in [0.25, 0.3) is 0 Å². The fourth-order valence-corrected chi connectivity index (χ4v) is 3.12. The van der Waals surface area contributed by atoms with Gasteiger partial charge < -0.3 is 9.47 Å². The lowest BCUT2D eigenvalue weighted by atomic mass is 9.80. The summed E-state index contributed by atoms with van der Waals surface area (Å²) in [5, 5.41) is 0. The van der Waals surface area contributed by atoms with Gasteiger partial charge in [-0.3, -0.25) is 4.79 Å². The minimum atomic E-state index is -0.0721. The van der Waals surface area contributed by atoms with Crippen molar-refractivity contribution in [2.24, 2.45) is 11.8 Å². The van der Waals surface area contributed by atoms with E-state index in [4.69, 9.17) is 9.47 Å². The summed E-state index contributed by atoms with van der Waals surface area (Å²) in [6.07, 6.45) is 7.79. The first kappa shape index (κ1) is 16.9. The van der Waals surface area contributed by atoms with Gasteiger partial charge in [-0.15, -0.1) is 0 Å². The van der Waals surface area contributed by atoms with Crippen LogP contribution in [0.1, 0.15) is 58.8 Å².